The molecule has 1 aliphatic rings. The SMILES string of the molecule is CCNC(=NCC(C)c1ccsc1)N(C)CCOCC1CC1. The van der Waals surface area contributed by atoms with Crippen molar-refractivity contribution in [1.82, 2.24) is 10.2 Å². The van der Waals surface area contributed by atoms with Gasteiger partial charge in [-0.25, -0.2) is 0 Å². The van der Waals surface area contributed by atoms with Crippen LogP contribution in [0.1, 0.15) is 38.2 Å². The maximum atomic E-state index is 5.72. The Labute approximate surface area is 138 Å². The van der Waals surface area contributed by atoms with Gasteiger partial charge in [0.1, 0.15) is 0 Å². The Morgan fingerprint density at radius 3 is 3.00 bits per heavy atom. The first-order valence-corrected chi connectivity index (χ1v) is 9.24. The maximum Gasteiger partial charge on any atom is 0.193 e. The number of guanidine groups is 1. The van der Waals surface area contributed by atoms with Crippen LogP contribution in [-0.4, -0.2) is 50.8 Å². The first kappa shape index (κ1) is 17.3. The third kappa shape index (κ3) is 5.97. The summed E-state index contributed by atoms with van der Waals surface area (Å²) in [6.45, 7) is 8.62. The number of thiophene rings is 1. The molecule has 1 aliphatic carbocycles. The molecule has 0 saturated heterocycles. The fourth-order valence-corrected chi connectivity index (χ4v) is 2.98. The van der Waals surface area contributed by atoms with Crippen LogP contribution >= 0.6 is 11.3 Å². The van der Waals surface area contributed by atoms with Crippen molar-refractivity contribution in [1.29, 1.82) is 0 Å². The van der Waals surface area contributed by atoms with E-state index in [9.17, 15) is 0 Å². The van der Waals surface area contributed by atoms with E-state index in [0.717, 1.165) is 44.7 Å². The molecular weight excluding hydrogens is 294 g/mol. The highest BCUT2D eigenvalue weighted by molar-refractivity contribution is 7.07. The average molecular weight is 324 g/mol. The Hall–Kier alpha value is -1.07. The van der Waals surface area contributed by atoms with Gasteiger partial charge in [-0.15, -0.1) is 0 Å². The van der Waals surface area contributed by atoms with Crippen LogP contribution in [0.15, 0.2) is 21.8 Å². The molecular formula is C17H29N3OS. The quantitative estimate of drug-likeness (QED) is 0.431. The number of ether oxygens (including phenoxy) is 1. The summed E-state index contributed by atoms with van der Waals surface area (Å²) in [6, 6.07) is 2.19. The molecule has 0 spiro atoms. The summed E-state index contributed by atoms with van der Waals surface area (Å²) in [5.41, 5.74) is 1.38. The molecule has 2 rings (SSSR count). The molecule has 5 heteroatoms. The molecule has 1 atom stereocenters. The van der Waals surface area contributed by atoms with Gasteiger partial charge in [0.2, 0.25) is 0 Å². The van der Waals surface area contributed by atoms with Gasteiger partial charge in [-0.3, -0.25) is 4.99 Å². The Morgan fingerprint density at radius 1 is 1.55 bits per heavy atom. The third-order valence-corrected chi connectivity index (χ3v) is 4.65. The van der Waals surface area contributed by atoms with E-state index in [0.29, 0.717) is 5.92 Å². The number of nitrogens with one attached hydrogen (secondary N) is 1. The van der Waals surface area contributed by atoms with Crippen LogP contribution in [0.25, 0.3) is 0 Å². The Bertz CT molecular complexity index is 443. The highest BCUT2D eigenvalue weighted by Crippen LogP contribution is 2.28. The number of aliphatic imine (C=N–C) groups is 1. The molecule has 1 aromatic rings. The summed E-state index contributed by atoms with van der Waals surface area (Å²) in [5.74, 6) is 2.26. The number of hydrogen-bond acceptors (Lipinski definition) is 3. The zero-order valence-corrected chi connectivity index (χ0v) is 14.9. The van der Waals surface area contributed by atoms with Gasteiger partial charge in [-0.1, -0.05) is 6.92 Å². The van der Waals surface area contributed by atoms with Crippen molar-refractivity contribution >= 4 is 17.3 Å². The second-order valence-corrected chi connectivity index (χ2v) is 6.87. The molecule has 1 heterocycles. The Balaban J connectivity index is 1.76. The molecule has 1 saturated carbocycles. The van der Waals surface area contributed by atoms with Gasteiger partial charge in [-0.05, 0) is 48.1 Å². The minimum Gasteiger partial charge on any atom is -0.379 e. The molecule has 0 aromatic carbocycles. The summed E-state index contributed by atoms with van der Waals surface area (Å²) in [6.07, 6.45) is 2.70. The van der Waals surface area contributed by atoms with Crippen molar-refractivity contribution in [3.05, 3.63) is 22.4 Å². The smallest absolute Gasteiger partial charge is 0.193 e. The largest absolute Gasteiger partial charge is 0.379 e. The lowest BCUT2D eigenvalue weighted by Crippen LogP contribution is -2.40. The Kier molecular flexibility index (Phi) is 7.19. The summed E-state index contributed by atoms with van der Waals surface area (Å²) < 4.78 is 5.72. The molecule has 1 unspecified atom stereocenters. The van der Waals surface area contributed by atoms with E-state index in [1.165, 1.54) is 18.4 Å². The maximum absolute atomic E-state index is 5.72. The van der Waals surface area contributed by atoms with Crippen LogP contribution in [0.4, 0.5) is 0 Å². The summed E-state index contributed by atoms with van der Waals surface area (Å²) in [4.78, 5) is 6.94. The standard InChI is InChI=1S/C17H29N3OS/c1-4-18-17(19-11-14(2)16-7-10-22-13-16)20(3)8-9-21-12-15-5-6-15/h7,10,13-15H,4-6,8-9,11-12H2,1-3H3,(H,18,19). The predicted molar refractivity (Wildman–Crippen MR) is 94.9 cm³/mol. The fourth-order valence-electron chi connectivity index (χ4n) is 2.20. The second kappa shape index (κ2) is 9.16. The van der Waals surface area contributed by atoms with E-state index in [2.05, 4.69) is 47.9 Å². The van der Waals surface area contributed by atoms with E-state index >= 15 is 0 Å². The summed E-state index contributed by atoms with van der Waals surface area (Å²) in [7, 11) is 2.08. The van der Waals surface area contributed by atoms with E-state index in [-0.39, 0.29) is 0 Å². The molecule has 1 N–H and O–H groups in total. The summed E-state index contributed by atoms with van der Waals surface area (Å²) >= 11 is 1.75. The highest BCUT2D eigenvalue weighted by Gasteiger charge is 2.21. The molecule has 1 fully saturated rings. The molecule has 0 aliphatic heterocycles. The van der Waals surface area contributed by atoms with Crippen molar-refractivity contribution in [2.75, 3.05) is 39.9 Å². The third-order valence-electron chi connectivity index (χ3n) is 3.95. The lowest BCUT2D eigenvalue weighted by molar-refractivity contribution is 0.115. The van der Waals surface area contributed by atoms with Crippen molar-refractivity contribution in [2.24, 2.45) is 10.9 Å². The van der Waals surface area contributed by atoms with E-state index in [1.54, 1.807) is 11.3 Å². The molecule has 22 heavy (non-hydrogen) atoms. The predicted octanol–water partition coefficient (Wildman–Crippen LogP) is 3.18. The average Bonchev–Trinajstić information content (AvgIpc) is 3.17. The Morgan fingerprint density at radius 2 is 2.36 bits per heavy atom. The molecule has 0 radical (unpaired) electrons. The van der Waals surface area contributed by atoms with E-state index in [1.807, 2.05) is 0 Å². The van der Waals surface area contributed by atoms with Crippen molar-refractivity contribution in [2.45, 2.75) is 32.6 Å². The van der Waals surface area contributed by atoms with Gasteiger partial charge in [-0.2, -0.15) is 11.3 Å². The highest BCUT2D eigenvalue weighted by atomic mass is 32.1. The monoisotopic (exact) mass is 323 g/mol. The van der Waals surface area contributed by atoms with E-state index < -0.39 is 0 Å². The molecule has 1 aromatic heterocycles. The van der Waals surface area contributed by atoms with Crippen molar-refractivity contribution < 1.29 is 4.74 Å². The van der Waals surface area contributed by atoms with Gasteiger partial charge in [0.15, 0.2) is 5.96 Å². The second-order valence-electron chi connectivity index (χ2n) is 6.09. The fraction of sp³-hybridized carbons (Fsp3) is 0.706. The van der Waals surface area contributed by atoms with Crippen molar-refractivity contribution in [3.63, 3.8) is 0 Å². The van der Waals surface area contributed by atoms with Crippen LogP contribution < -0.4 is 5.32 Å². The first-order chi connectivity index (χ1) is 10.7. The number of hydrogen-bond donors (Lipinski definition) is 1. The first-order valence-electron chi connectivity index (χ1n) is 8.30. The molecule has 124 valence electrons. The molecule has 0 bridgehead atoms. The van der Waals surface area contributed by atoms with Gasteiger partial charge < -0.3 is 15.0 Å². The van der Waals surface area contributed by atoms with Crippen LogP contribution in [0, 0.1) is 5.92 Å². The van der Waals surface area contributed by atoms with Gasteiger partial charge in [0.25, 0.3) is 0 Å². The minimum absolute atomic E-state index is 0.458. The normalized spacial score (nSPS) is 16.6. The van der Waals surface area contributed by atoms with Gasteiger partial charge in [0, 0.05) is 39.2 Å². The molecule has 4 nitrogen and oxygen atoms in total. The van der Waals surface area contributed by atoms with Crippen LogP contribution in [-0.2, 0) is 4.74 Å². The topological polar surface area (TPSA) is 36.9 Å². The van der Waals surface area contributed by atoms with Crippen LogP contribution in [0.5, 0.6) is 0 Å². The number of likely N-dealkylation sites (N-methyl/N-ethyl adjacent to an activating group) is 1. The van der Waals surface area contributed by atoms with Crippen molar-refractivity contribution in [3.8, 4) is 0 Å². The number of rotatable bonds is 9. The number of nitrogens with zero attached hydrogens (tertiary/aromatic N) is 2. The molecule has 0 amide bonds. The zero-order chi connectivity index (χ0) is 15.8. The van der Waals surface area contributed by atoms with E-state index in [4.69, 9.17) is 9.73 Å². The lowest BCUT2D eigenvalue weighted by Gasteiger charge is -2.22. The summed E-state index contributed by atoms with van der Waals surface area (Å²) in [5, 5.41) is 7.71. The lowest BCUT2D eigenvalue weighted by atomic mass is 10.1. The zero-order valence-electron chi connectivity index (χ0n) is 14.0. The van der Waals surface area contributed by atoms with Gasteiger partial charge >= 0.3 is 0 Å². The van der Waals surface area contributed by atoms with Crippen LogP contribution in [0.3, 0.4) is 0 Å². The minimum atomic E-state index is 0.458. The van der Waals surface area contributed by atoms with Crippen LogP contribution in [0.2, 0.25) is 0 Å². The van der Waals surface area contributed by atoms with Gasteiger partial charge in [0.05, 0.1) is 6.61 Å².